The fraction of sp³-hybridized carbons (Fsp3) is 0.444. The molecule has 1 aliphatic carbocycles. The Hall–Kier alpha value is -1.65. The molecule has 2 heterocycles. The van der Waals surface area contributed by atoms with E-state index < -0.39 is 0 Å². The SMILES string of the molecule is CNn1cnc2c(C3CC3)ncnc21. The topological polar surface area (TPSA) is 55.6 Å². The minimum atomic E-state index is 0.612. The third-order valence-electron chi connectivity index (χ3n) is 2.57. The molecule has 0 spiro atoms. The standard InChI is InChI=1S/C9H11N5/c1-10-14-5-13-8-7(6-2-3-6)11-4-12-9(8)14/h4-6,10H,2-3H2,1H3. The summed E-state index contributed by atoms with van der Waals surface area (Å²) in [7, 11) is 1.85. The van der Waals surface area contributed by atoms with Crippen LogP contribution < -0.4 is 5.43 Å². The molecule has 1 N–H and O–H groups in total. The van der Waals surface area contributed by atoms with E-state index in [-0.39, 0.29) is 0 Å². The van der Waals surface area contributed by atoms with Crippen LogP contribution in [0.15, 0.2) is 12.7 Å². The smallest absolute Gasteiger partial charge is 0.182 e. The predicted molar refractivity (Wildman–Crippen MR) is 52.6 cm³/mol. The molecule has 2 aromatic rings. The highest BCUT2D eigenvalue weighted by molar-refractivity contribution is 5.74. The Balaban J connectivity index is 2.26. The number of hydrogen-bond donors (Lipinski definition) is 1. The van der Waals surface area contributed by atoms with Crippen molar-refractivity contribution in [2.75, 3.05) is 12.5 Å². The number of rotatable bonds is 2. The predicted octanol–water partition coefficient (Wildman–Crippen LogP) is 0.877. The van der Waals surface area contributed by atoms with E-state index in [0.717, 1.165) is 16.9 Å². The second-order valence-electron chi connectivity index (χ2n) is 3.54. The zero-order valence-corrected chi connectivity index (χ0v) is 7.94. The molecule has 0 radical (unpaired) electrons. The summed E-state index contributed by atoms with van der Waals surface area (Å²) in [5.41, 5.74) is 5.90. The molecule has 0 saturated heterocycles. The molecule has 0 atom stereocenters. The van der Waals surface area contributed by atoms with Crippen LogP contribution in [-0.4, -0.2) is 26.7 Å². The first-order valence-electron chi connectivity index (χ1n) is 4.76. The van der Waals surface area contributed by atoms with Gasteiger partial charge in [0.15, 0.2) is 5.65 Å². The maximum atomic E-state index is 4.33. The fourth-order valence-electron chi connectivity index (χ4n) is 1.67. The van der Waals surface area contributed by atoms with Gasteiger partial charge in [0.1, 0.15) is 18.2 Å². The summed E-state index contributed by atoms with van der Waals surface area (Å²) in [6.45, 7) is 0. The fourth-order valence-corrected chi connectivity index (χ4v) is 1.67. The van der Waals surface area contributed by atoms with Gasteiger partial charge in [-0.25, -0.2) is 19.6 Å². The van der Waals surface area contributed by atoms with E-state index >= 15 is 0 Å². The second-order valence-corrected chi connectivity index (χ2v) is 3.54. The van der Waals surface area contributed by atoms with Crippen molar-refractivity contribution < 1.29 is 0 Å². The first-order valence-corrected chi connectivity index (χ1v) is 4.76. The summed E-state index contributed by atoms with van der Waals surface area (Å²) in [6.07, 6.45) is 5.83. The van der Waals surface area contributed by atoms with Crippen molar-refractivity contribution in [2.45, 2.75) is 18.8 Å². The highest BCUT2D eigenvalue weighted by atomic mass is 15.4. The van der Waals surface area contributed by atoms with Gasteiger partial charge in [-0.2, -0.15) is 0 Å². The Labute approximate surface area is 81.2 Å². The molecule has 0 bridgehead atoms. The van der Waals surface area contributed by atoms with Gasteiger partial charge in [0, 0.05) is 13.0 Å². The molecule has 5 nitrogen and oxygen atoms in total. The van der Waals surface area contributed by atoms with E-state index in [9.17, 15) is 0 Å². The lowest BCUT2D eigenvalue weighted by Gasteiger charge is -2.01. The zero-order valence-electron chi connectivity index (χ0n) is 7.94. The number of imidazole rings is 1. The van der Waals surface area contributed by atoms with Crippen LogP contribution in [0, 0.1) is 0 Å². The molecule has 0 amide bonds. The van der Waals surface area contributed by atoms with Gasteiger partial charge < -0.3 is 5.43 Å². The highest BCUT2D eigenvalue weighted by Crippen LogP contribution is 2.40. The van der Waals surface area contributed by atoms with E-state index in [2.05, 4.69) is 20.4 Å². The van der Waals surface area contributed by atoms with Crippen LogP contribution in [-0.2, 0) is 0 Å². The van der Waals surface area contributed by atoms with Crippen molar-refractivity contribution in [1.82, 2.24) is 19.6 Å². The normalized spacial score (nSPS) is 16.1. The Bertz CT molecular complexity index is 471. The number of aromatic nitrogens is 4. The molecule has 1 saturated carbocycles. The maximum absolute atomic E-state index is 4.33. The molecule has 0 aliphatic heterocycles. The van der Waals surface area contributed by atoms with Crippen molar-refractivity contribution in [3.05, 3.63) is 18.3 Å². The van der Waals surface area contributed by atoms with Crippen molar-refractivity contribution in [3.8, 4) is 0 Å². The Morgan fingerprint density at radius 1 is 1.36 bits per heavy atom. The monoisotopic (exact) mass is 189 g/mol. The van der Waals surface area contributed by atoms with E-state index in [0.29, 0.717) is 5.92 Å². The lowest BCUT2D eigenvalue weighted by atomic mass is 10.2. The molecular weight excluding hydrogens is 178 g/mol. The Kier molecular flexibility index (Phi) is 1.47. The molecule has 3 rings (SSSR count). The van der Waals surface area contributed by atoms with Gasteiger partial charge in [-0.1, -0.05) is 0 Å². The van der Waals surface area contributed by atoms with Crippen molar-refractivity contribution in [1.29, 1.82) is 0 Å². The molecule has 1 fully saturated rings. The summed E-state index contributed by atoms with van der Waals surface area (Å²) in [4.78, 5) is 12.8. The van der Waals surface area contributed by atoms with E-state index in [1.807, 2.05) is 11.7 Å². The van der Waals surface area contributed by atoms with Crippen LogP contribution in [0.5, 0.6) is 0 Å². The lowest BCUT2D eigenvalue weighted by Crippen LogP contribution is -2.07. The van der Waals surface area contributed by atoms with Crippen molar-refractivity contribution in [3.63, 3.8) is 0 Å². The molecule has 1 aliphatic rings. The summed E-state index contributed by atoms with van der Waals surface area (Å²) in [5, 5.41) is 0. The third kappa shape index (κ3) is 0.982. The molecule has 14 heavy (non-hydrogen) atoms. The van der Waals surface area contributed by atoms with Crippen LogP contribution in [0.25, 0.3) is 11.2 Å². The first kappa shape index (κ1) is 7.73. The van der Waals surface area contributed by atoms with E-state index in [1.54, 1.807) is 12.7 Å². The molecule has 5 heteroatoms. The minimum absolute atomic E-state index is 0.612. The van der Waals surface area contributed by atoms with Crippen LogP contribution in [0.1, 0.15) is 24.5 Å². The van der Waals surface area contributed by atoms with Crippen LogP contribution in [0.3, 0.4) is 0 Å². The van der Waals surface area contributed by atoms with Gasteiger partial charge in [0.05, 0.1) is 5.69 Å². The summed E-state index contributed by atoms with van der Waals surface area (Å²) in [5.74, 6) is 0.612. The number of fused-ring (bicyclic) bond motifs is 1. The summed E-state index contributed by atoms with van der Waals surface area (Å²) < 4.78 is 1.81. The molecular formula is C9H11N5. The lowest BCUT2D eigenvalue weighted by molar-refractivity contribution is 0.932. The molecule has 2 aromatic heterocycles. The van der Waals surface area contributed by atoms with Gasteiger partial charge in [-0.05, 0) is 12.8 Å². The van der Waals surface area contributed by atoms with E-state index in [4.69, 9.17) is 0 Å². The molecule has 72 valence electrons. The van der Waals surface area contributed by atoms with Crippen molar-refractivity contribution in [2.24, 2.45) is 0 Å². The number of nitrogens with zero attached hydrogens (tertiary/aromatic N) is 4. The van der Waals surface area contributed by atoms with Crippen molar-refractivity contribution >= 4 is 11.2 Å². The molecule has 0 unspecified atom stereocenters. The van der Waals surface area contributed by atoms with Crippen LogP contribution in [0.4, 0.5) is 0 Å². The van der Waals surface area contributed by atoms with Crippen LogP contribution >= 0.6 is 0 Å². The largest absolute Gasteiger partial charge is 0.326 e. The first-order chi connectivity index (χ1) is 6.90. The third-order valence-corrected chi connectivity index (χ3v) is 2.57. The average molecular weight is 189 g/mol. The van der Waals surface area contributed by atoms with Crippen LogP contribution in [0.2, 0.25) is 0 Å². The summed E-state index contributed by atoms with van der Waals surface area (Å²) in [6, 6.07) is 0. The Morgan fingerprint density at radius 2 is 2.21 bits per heavy atom. The Morgan fingerprint density at radius 3 is 2.93 bits per heavy atom. The van der Waals surface area contributed by atoms with Gasteiger partial charge in [0.25, 0.3) is 0 Å². The quantitative estimate of drug-likeness (QED) is 0.761. The zero-order chi connectivity index (χ0) is 9.54. The molecule has 0 aromatic carbocycles. The average Bonchev–Trinajstić information content (AvgIpc) is 2.97. The van der Waals surface area contributed by atoms with Gasteiger partial charge in [-0.3, -0.25) is 0 Å². The summed E-state index contributed by atoms with van der Waals surface area (Å²) >= 11 is 0. The maximum Gasteiger partial charge on any atom is 0.182 e. The number of nitrogens with one attached hydrogen (secondary N) is 1. The van der Waals surface area contributed by atoms with E-state index in [1.165, 1.54) is 12.8 Å². The van der Waals surface area contributed by atoms with Gasteiger partial charge in [-0.15, -0.1) is 0 Å². The number of hydrogen-bond acceptors (Lipinski definition) is 4. The van der Waals surface area contributed by atoms with Gasteiger partial charge >= 0.3 is 0 Å². The highest BCUT2D eigenvalue weighted by Gasteiger charge is 2.28. The van der Waals surface area contributed by atoms with Gasteiger partial charge in [0.2, 0.25) is 0 Å². The second kappa shape index (κ2) is 2.67. The minimum Gasteiger partial charge on any atom is -0.326 e.